The van der Waals surface area contributed by atoms with Crippen LogP contribution in [-0.2, 0) is 0 Å². The minimum Gasteiger partial charge on any atom is -0.357 e. The van der Waals surface area contributed by atoms with E-state index < -0.39 is 0 Å². The third-order valence-electron chi connectivity index (χ3n) is 4.94. The molecule has 1 aromatic heterocycles. The Labute approximate surface area is 176 Å². The van der Waals surface area contributed by atoms with Crippen LogP contribution in [0.25, 0.3) is 0 Å². The molecule has 1 unspecified atom stereocenters. The molecular formula is C19H35IN6. The molecule has 1 N–H and O–H groups in total. The standard InChI is InChI=1S/C19H34N6.HI/c1-5-17(3)23(4)12-11-22-19(20-6-2)25-15-13-24(14-16-25)18-9-7-8-10-21-18;/h7-10,17H,5-6,11-16H2,1-4H3,(H,20,22);1H. The molecule has 2 rings (SSSR count). The number of hydrogen-bond donors (Lipinski definition) is 1. The fourth-order valence-electron chi connectivity index (χ4n) is 2.96. The van der Waals surface area contributed by atoms with Gasteiger partial charge in [-0.2, -0.15) is 0 Å². The van der Waals surface area contributed by atoms with Gasteiger partial charge in [0.2, 0.25) is 0 Å². The van der Waals surface area contributed by atoms with Crippen molar-refractivity contribution in [3.05, 3.63) is 24.4 Å². The second kappa shape index (κ2) is 12.3. The largest absolute Gasteiger partial charge is 0.357 e. The summed E-state index contributed by atoms with van der Waals surface area (Å²) in [7, 11) is 2.18. The Hall–Kier alpha value is -1.09. The maximum absolute atomic E-state index is 4.85. The highest BCUT2D eigenvalue weighted by molar-refractivity contribution is 14.0. The van der Waals surface area contributed by atoms with Crippen molar-refractivity contribution in [3.63, 3.8) is 0 Å². The monoisotopic (exact) mass is 474 g/mol. The van der Waals surface area contributed by atoms with Crippen molar-refractivity contribution in [1.82, 2.24) is 20.1 Å². The molecule has 0 spiro atoms. The van der Waals surface area contributed by atoms with Crippen LogP contribution in [0.2, 0.25) is 0 Å². The van der Waals surface area contributed by atoms with Gasteiger partial charge >= 0.3 is 0 Å². The molecule has 7 heteroatoms. The van der Waals surface area contributed by atoms with Gasteiger partial charge in [0.15, 0.2) is 5.96 Å². The number of aliphatic imine (C=N–C) groups is 1. The molecule has 1 fully saturated rings. The van der Waals surface area contributed by atoms with Crippen LogP contribution in [0.5, 0.6) is 0 Å². The smallest absolute Gasteiger partial charge is 0.194 e. The van der Waals surface area contributed by atoms with Gasteiger partial charge in [0.05, 0.1) is 6.54 Å². The van der Waals surface area contributed by atoms with Gasteiger partial charge in [-0.25, -0.2) is 4.98 Å². The van der Waals surface area contributed by atoms with E-state index in [1.807, 2.05) is 18.3 Å². The quantitative estimate of drug-likeness (QED) is 0.374. The summed E-state index contributed by atoms with van der Waals surface area (Å²) in [6, 6.07) is 6.71. The lowest BCUT2D eigenvalue weighted by molar-refractivity contribution is 0.258. The lowest BCUT2D eigenvalue weighted by Gasteiger charge is -2.37. The van der Waals surface area contributed by atoms with Crippen molar-refractivity contribution in [1.29, 1.82) is 0 Å². The molecule has 1 atom stereocenters. The van der Waals surface area contributed by atoms with E-state index in [2.05, 4.69) is 58.9 Å². The van der Waals surface area contributed by atoms with Gasteiger partial charge in [0, 0.05) is 51.5 Å². The van der Waals surface area contributed by atoms with Crippen LogP contribution < -0.4 is 10.2 Å². The normalized spacial score (nSPS) is 16.4. The van der Waals surface area contributed by atoms with Crippen molar-refractivity contribution < 1.29 is 0 Å². The summed E-state index contributed by atoms with van der Waals surface area (Å²) >= 11 is 0. The molecule has 0 aliphatic carbocycles. The minimum atomic E-state index is 0. The number of rotatable bonds is 7. The molecule has 1 saturated heterocycles. The molecule has 148 valence electrons. The van der Waals surface area contributed by atoms with Crippen molar-refractivity contribution >= 4 is 35.8 Å². The summed E-state index contributed by atoms with van der Waals surface area (Å²) in [4.78, 5) is 16.4. The average molecular weight is 474 g/mol. The fourth-order valence-corrected chi connectivity index (χ4v) is 2.96. The molecule has 26 heavy (non-hydrogen) atoms. The Morgan fingerprint density at radius 1 is 1.27 bits per heavy atom. The minimum absolute atomic E-state index is 0. The number of anilines is 1. The Morgan fingerprint density at radius 2 is 2.00 bits per heavy atom. The molecule has 1 aliphatic rings. The van der Waals surface area contributed by atoms with Gasteiger partial charge in [-0.15, -0.1) is 24.0 Å². The fraction of sp³-hybridized carbons (Fsp3) is 0.684. The molecule has 0 amide bonds. The van der Waals surface area contributed by atoms with Crippen LogP contribution in [0, 0.1) is 0 Å². The first-order valence-corrected chi connectivity index (χ1v) is 9.55. The van der Waals surface area contributed by atoms with Crippen LogP contribution in [0.1, 0.15) is 27.2 Å². The zero-order valence-corrected chi connectivity index (χ0v) is 19.0. The van der Waals surface area contributed by atoms with Crippen LogP contribution >= 0.6 is 24.0 Å². The van der Waals surface area contributed by atoms with Crippen LogP contribution in [0.15, 0.2) is 29.4 Å². The molecule has 0 saturated carbocycles. The Balaban J connectivity index is 0.00000338. The van der Waals surface area contributed by atoms with E-state index >= 15 is 0 Å². The number of likely N-dealkylation sites (N-methyl/N-ethyl adjacent to an activating group) is 1. The van der Waals surface area contributed by atoms with Crippen molar-refractivity contribution in [2.24, 2.45) is 4.99 Å². The molecule has 1 aliphatic heterocycles. The Bertz CT molecular complexity index is 516. The number of nitrogens with zero attached hydrogens (tertiary/aromatic N) is 5. The van der Waals surface area contributed by atoms with Crippen LogP contribution in [0.4, 0.5) is 5.82 Å². The van der Waals surface area contributed by atoms with E-state index in [4.69, 9.17) is 4.99 Å². The second-order valence-electron chi connectivity index (χ2n) is 6.64. The predicted molar refractivity (Wildman–Crippen MR) is 122 cm³/mol. The summed E-state index contributed by atoms with van der Waals surface area (Å²) in [5.41, 5.74) is 0. The van der Waals surface area contributed by atoms with E-state index in [0.29, 0.717) is 6.04 Å². The van der Waals surface area contributed by atoms with Gasteiger partial charge in [-0.1, -0.05) is 13.0 Å². The number of nitrogens with one attached hydrogen (secondary N) is 1. The van der Waals surface area contributed by atoms with Crippen molar-refractivity contribution in [2.75, 3.05) is 57.8 Å². The van der Waals surface area contributed by atoms with Gasteiger partial charge < -0.3 is 20.0 Å². The maximum atomic E-state index is 4.85. The number of guanidine groups is 1. The van der Waals surface area contributed by atoms with Gasteiger partial charge in [0.25, 0.3) is 0 Å². The van der Waals surface area contributed by atoms with E-state index in [1.54, 1.807) is 0 Å². The SMILES string of the molecule is CCNC(=NCCN(C)C(C)CC)N1CCN(c2ccccn2)CC1.I. The van der Waals surface area contributed by atoms with Gasteiger partial charge in [-0.05, 0) is 39.4 Å². The number of hydrogen-bond acceptors (Lipinski definition) is 4. The summed E-state index contributed by atoms with van der Waals surface area (Å²) in [5.74, 6) is 2.11. The number of pyridine rings is 1. The van der Waals surface area contributed by atoms with Crippen molar-refractivity contribution in [3.8, 4) is 0 Å². The lowest BCUT2D eigenvalue weighted by atomic mass is 10.2. The highest BCUT2D eigenvalue weighted by Gasteiger charge is 2.20. The summed E-state index contributed by atoms with van der Waals surface area (Å²) < 4.78 is 0. The topological polar surface area (TPSA) is 47.0 Å². The summed E-state index contributed by atoms with van der Waals surface area (Å²) in [6.45, 7) is 13.3. The Kier molecular flexibility index (Phi) is 10.9. The molecule has 0 aromatic carbocycles. The van der Waals surface area contributed by atoms with Crippen LogP contribution in [-0.4, -0.2) is 79.6 Å². The van der Waals surface area contributed by atoms with E-state index in [1.165, 1.54) is 6.42 Å². The summed E-state index contributed by atoms with van der Waals surface area (Å²) in [5, 5.41) is 3.45. The molecule has 1 aromatic rings. The van der Waals surface area contributed by atoms with Gasteiger partial charge in [0.1, 0.15) is 5.82 Å². The maximum Gasteiger partial charge on any atom is 0.194 e. The molecule has 6 nitrogen and oxygen atoms in total. The highest BCUT2D eigenvalue weighted by atomic mass is 127. The second-order valence-corrected chi connectivity index (χ2v) is 6.64. The average Bonchev–Trinajstić information content (AvgIpc) is 2.67. The number of piperazine rings is 1. The zero-order valence-electron chi connectivity index (χ0n) is 16.7. The van der Waals surface area contributed by atoms with E-state index in [9.17, 15) is 0 Å². The summed E-state index contributed by atoms with van der Waals surface area (Å²) in [6.07, 6.45) is 3.04. The first kappa shape index (κ1) is 23.0. The molecule has 0 radical (unpaired) electrons. The first-order valence-electron chi connectivity index (χ1n) is 9.55. The van der Waals surface area contributed by atoms with Crippen molar-refractivity contribution in [2.45, 2.75) is 33.2 Å². The van der Waals surface area contributed by atoms with E-state index in [-0.39, 0.29) is 24.0 Å². The lowest BCUT2D eigenvalue weighted by Crippen LogP contribution is -2.53. The first-order chi connectivity index (χ1) is 12.2. The predicted octanol–water partition coefficient (Wildman–Crippen LogP) is 2.52. The van der Waals surface area contributed by atoms with E-state index in [0.717, 1.165) is 57.6 Å². The number of aromatic nitrogens is 1. The third-order valence-corrected chi connectivity index (χ3v) is 4.94. The third kappa shape index (κ3) is 6.90. The molecule has 0 bridgehead atoms. The van der Waals surface area contributed by atoms with Crippen LogP contribution in [0.3, 0.4) is 0 Å². The van der Waals surface area contributed by atoms with Gasteiger partial charge in [-0.3, -0.25) is 4.99 Å². The molecule has 2 heterocycles. The molecular weight excluding hydrogens is 439 g/mol. The number of halogens is 1. The zero-order chi connectivity index (χ0) is 18.1. The Morgan fingerprint density at radius 3 is 2.58 bits per heavy atom. The highest BCUT2D eigenvalue weighted by Crippen LogP contribution is 2.12.